The van der Waals surface area contributed by atoms with E-state index >= 15 is 0 Å². The van der Waals surface area contributed by atoms with E-state index in [1.165, 1.54) is 0 Å². The fraction of sp³-hybridized carbons (Fsp3) is 0.179. The van der Waals surface area contributed by atoms with Crippen LogP contribution in [0.4, 0.5) is 5.69 Å². The number of nitrogens with zero attached hydrogens (tertiary/aromatic N) is 3. The molecule has 1 atom stereocenters. The number of aryl methyl sites for hydroxylation is 1. The summed E-state index contributed by atoms with van der Waals surface area (Å²) < 4.78 is 11.5. The van der Waals surface area contributed by atoms with Crippen LogP contribution in [0.25, 0.3) is 17.0 Å². The SMILES string of the molecule is CCOc1ccc(N2C(=S)NC(c3ccccc3)C(c3nc(-c4cccc(C)c4)no3)=C2C)cc1. The van der Waals surface area contributed by atoms with Gasteiger partial charge < -0.3 is 14.6 Å². The quantitative estimate of drug-likeness (QED) is 0.323. The zero-order valence-electron chi connectivity index (χ0n) is 19.9. The van der Waals surface area contributed by atoms with Crippen molar-refractivity contribution >= 4 is 28.6 Å². The maximum absolute atomic E-state index is 5.84. The molecule has 0 radical (unpaired) electrons. The molecule has 0 aliphatic carbocycles. The number of rotatable bonds is 6. The Morgan fingerprint density at radius 1 is 1.00 bits per heavy atom. The van der Waals surface area contributed by atoms with Crippen molar-refractivity contribution in [2.24, 2.45) is 0 Å². The Bertz CT molecular complexity index is 1380. The first-order valence-corrected chi connectivity index (χ1v) is 12.0. The van der Waals surface area contributed by atoms with Gasteiger partial charge in [-0.1, -0.05) is 59.3 Å². The molecular weight excluding hydrogens is 456 g/mol. The first kappa shape index (κ1) is 22.8. The molecule has 1 aromatic heterocycles. The number of ether oxygens (including phenoxy) is 1. The van der Waals surface area contributed by atoms with Gasteiger partial charge in [0, 0.05) is 16.9 Å². The van der Waals surface area contributed by atoms with Gasteiger partial charge in [0.15, 0.2) is 5.11 Å². The lowest BCUT2D eigenvalue weighted by Crippen LogP contribution is -2.46. The summed E-state index contributed by atoms with van der Waals surface area (Å²) in [6, 6.07) is 25.9. The average Bonchev–Trinajstić information content (AvgIpc) is 3.35. The van der Waals surface area contributed by atoms with Crippen LogP contribution in [0.1, 0.15) is 36.9 Å². The normalized spacial score (nSPS) is 15.8. The molecule has 0 fully saturated rings. The Balaban J connectivity index is 1.61. The molecule has 7 heteroatoms. The highest BCUT2D eigenvalue weighted by molar-refractivity contribution is 7.80. The average molecular weight is 483 g/mol. The highest BCUT2D eigenvalue weighted by Crippen LogP contribution is 2.39. The van der Waals surface area contributed by atoms with Crippen molar-refractivity contribution in [1.82, 2.24) is 15.5 Å². The van der Waals surface area contributed by atoms with Gasteiger partial charge in [0.25, 0.3) is 5.89 Å². The third-order valence-electron chi connectivity index (χ3n) is 5.96. The summed E-state index contributed by atoms with van der Waals surface area (Å²) in [4.78, 5) is 6.79. The van der Waals surface area contributed by atoms with Crippen LogP contribution in [-0.2, 0) is 0 Å². The standard InChI is InChI=1S/C28H26N4O2S/c1-4-33-23-15-13-22(14-16-23)32-19(3)24(25(29-28(32)35)20-10-6-5-7-11-20)27-30-26(31-34-27)21-12-8-9-18(2)17-21/h5-17,25H,4H2,1-3H3,(H,29,35). The Hall–Kier alpha value is -3.97. The van der Waals surface area contributed by atoms with Crippen LogP contribution in [-0.4, -0.2) is 21.9 Å². The van der Waals surface area contributed by atoms with E-state index in [0.717, 1.165) is 39.4 Å². The summed E-state index contributed by atoms with van der Waals surface area (Å²) in [5.74, 6) is 1.83. The Morgan fingerprint density at radius 3 is 2.49 bits per heavy atom. The molecule has 5 rings (SSSR count). The lowest BCUT2D eigenvalue weighted by atomic mass is 9.94. The molecule has 6 nitrogen and oxygen atoms in total. The Labute approximate surface area is 210 Å². The van der Waals surface area contributed by atoms with E-state index in [2.05, 4.69) is 22.6 Å². The van der Waals surface area contributed by atoms with E-state index in [-0.39, 0.29) is 6.04 Å². The summed E-state index contributed by atoms with van der Waals surface area (Å²) in [5, 5.41) is 8.40. The molecule has 3 aromatic carbocycles. The topological polar surface area (TPSA) is 63.4 Å². The Kier molecular flexibility index (Phi) is 6.33. The van der Waals surface area contributed by atoms with Crippen molar-refractivity contribution in [2.45, 2.75) is 26.8 Å². The molecule has 0 spiro atoms. The summed E-state index contributed by atoms with van der Waals surface area (Å²) in [7, 11) is 0. The van der Waals surface area contributed by atoms with E-state index < -0.39 is 0 Å². The van der Waals surface area contributed by atoms with Crippen LogP contribution < -0.4 is 15.0 Å². The first-order valence-electron chi connectivity index (χ1n) is 11.6. The second kappa shape index (κ2) is 9.72. The first-order chi connectivity index (χ1) is 17.0. The van der Waals surface area contributed by atoms with E-state index in [0.29, 0.717) is 23.4 Å². The fourth-order valence-electron chi connectivity index (χ4n) is 4.32. The molecule has 1 aliphatic rings. The van der Waals surface area contributed by atoms with Crippen LogP contribution in [0.5, 0.6) is 5.75 Å². The third kappa shape index (κ3) is 4.55. The number of nitrogens with one attached hydrogen (secondary N) is 1. The van der Waals surface area contributed by atoms with Gasteiger partial charge in [-0.15, -0.1) is 0 Å². The second-order valence-corrected chi connectivity index (χ2v) is 8.73. The van der Waals surface area contributed by atoms with Crippen molar-refractivity contribution in [3.63, 3.8) is 0 Å². The van der Waals surface area contributed by atoms with Crippen LogP contribution in [0, 0.1) is 6.92 Å². The van der Waals surface area contributed by atoms with Crippen molar-refractivity contribution in [3.8, 4) is 17.1 Å². The van der Waals surface area contributed by atoms with Gasteiger partial charge >= 0.3 is 0 Å². The highest BCUT2D eigenvalue weighted by atomic mass is 32.1. The number of allylic oxidation sites excluding steroid dienone is 1. The van der Waals surface area contributed by atoms with E-state index in [4.69, 9.17) is 26.5 Å². The van der Waals surface area contributed by atoms with Gasteiger partial charge in [-0.25, -0.2) is 0 Å². The lowest BCUT2D eigenvalue weighted by Gasteiger charge is -2.37. The Morgan fingerprint density at radius 2 is 1.77 bits per heavy atom. The molecule has 1 aliphatic heterocycles. The molecule has 35 heavy (non-hydrogen) atoms. The maximum atomic E-state index is 5.84. The van der Waals surface area contributed by atoms with Crippen molar-refractivity contribution in [1.29, 1.82) is 0 Å². The van der Waals surface area contributed by atoms with E-state index in [1.54, 1.807) is 0 Å². The maximum Gasteiger partial charge on any atom is 0.258 e. The summed E-state index contributed by atoms with van der Waals surface area (Å²) in [6.07, 6.45) is 0. The zero-order chi connectivity index (χ0) is 24.4. The summed E-state index contributed by atoms with van der Waals surface area (Å²) >= 11 is 5.83. The van der Waals surface area contributed by atoms with Gasteiger partial charge in [0.05, 0.1) is 18.2 Å². The zero-order valence-corrected chi connectivity index (χ0v) is 20.7. The largest absolute Gasteiger partial charge is 0.494 e. The predicted octanol–water partition coefficient (Wildman–Crippen LogP) is 6.31. The third-order valence-corrected chi connectivity index (χ3v) is 6.26. The van der Waals surface area contributed by atoms with Crippen molar-refractivity contribution < 1.29 is 9.26 Å². The minimum absolute atomic E-state index is 0.228. The predicted molar refractivity (Wildman–Crippen MR) is 142 cm³/mol. The summed E-state index contributed by atoms with van der Waals surface area (Å²) in [5.41, 5.74) is 5.84. The number of anilines is 1. The number of hydrogen-bond donors (Lipinski definition) is 1. The molecule has 0 bridgehead atoms. The highest BCUT2D eigenvalue weighted by Gasteiger charge is 2.34. The lowest BCUT2D eigenvalue weighted by molar-refractivity contribution is 0.340. The molecule has 4 aromatic rings. The molecule has 176 valence electrons. The fourth-order valence-corrected chi connectivity index (χ4v) is 4.68. The number of thiocarbonyl (C=S) groups is 1. The van der Waals surface area contributed by atoms with Gasteiger partial charge in [-0.2, -0.15) is 4.98 Å². The number of benzene rings is 3. The van der Waals surface area contributed by atoms with Gasteiger partial charge in [-0.3, -0.25) is 4.90 Å². The monoisotopic (exact) mass is 482 g/mol. The van der Waals surface area contributed by atoms with Crippen molar-refractivity contribution in [2.75, 3.05) is 11.5 Å². The molecule has 1 N–H and O–H groups in total. The van der Waals surface area contributed by atoms with E-state index in [1.807, 2.05) is 92.4 Å². The van der Waals surface area contributed by atoms with Crippen LogP contribution in [0.3, 0.4) is 0 Å². The minimum Gasteiger partial charge on any atom is -0.494 e. The summed E-state index contributed by atoms with van der Waals surface area (Å²) in [6.45, 7) is 6.66. The number of aromatic nitrogens is 2. The minimum atomic E-state index is -0.228. The van der Waals surface area contributed by atoms with Crippen LogP contribution in [0.15, 0.2) is 89.1 Å². The molecule has 0 saturated carbocycles. The van der Waals surface area contributed by atoms with Gasteiger partial charge in [0.1, 0.15) is 5.75 Å². The van der Waals surface area contributed by atoms with E-state index in [9.17, 15) is 0 Å². The second-order valence-electron chi connectivity index (χ2n) is 8.35. The van der Waals surface area contributed by atoms with Crippen molar-refractivity contribution in [3.05, 3.63) is 102 Å². The van der Waals surface area contributed by atoms with Gasteiger partial charge in [0.2, 0.25) is 5.82 Å². The molecule has 0 amide bonds. The van der Waals surface area contributed by atoms with Crippen LogP contribution >= 0.6 is 12.2 Å². The number of hydrogen-bond acceptors (Lipinski definition) is 5. The molecule has 0 saturated heterocycles. The van der Waals surface area contributed by atoms with Gasteiger partial charge in [-0.05, 0) is 68.9 Å². The molecule has 2 heterocycles. The molecule has 1 unspecified atom stereocenters. The molecular formula is C28H26N4O2S. The van der Waals surface area contributed by atoms with Crippen LogP contribution in [0.2, 0.25) is 0 Å². The smallest absolute Gasteiger partial charge is 0.258 e.